The number of hydrogen-bond donors (Lipinski definition) is 2. The molecule has 0 aromatic carbocycles. The van der Waals surface area contributed by atoms with Gasteiger partial charge in [0.25, 0.3) is 0 Å². The molecule has 2 nitrogen and oxygen atoms in total. The van der Waals surface area contributed by atoms with Crippen LogP contribution in [-0.4, -0.2) is 11.1 Å². The molecule has 8 bridgehead atoms. The molecule has 180 valence electrons. The van der Waals surface area contributed by atoms with Crippen LogP contribution in [0, 0.1) is 33.5 Å². The zero-order valence-corrected chi connectivity index (χ0v) is 25.3. The summed E-state index contributed by atoms with van der Waals surface area (Å²) in [5.74, 6) is 1.91. The van der Waals surface area contributed by atoms with Gasteiger partial charge in [-0.25, -0.2) is 0 Å². The average Bonchev–Trinajstić information content (AvgIpc) is 2.37. The van der Waals surface area contributed by atoms with E-state index < -0.39 is 0 Å². The zero-order chi connectivity index (χ0) is 21.3. The number of rotatable bonds is 0. The Morgan fingerprint density at radius 2 is 0.774 bits per heavy atom. The molecule has 0 spiro atoms. The van der Waals surface area contributed by atoms with Gasteiger partial charge in [-0.2, -0.15) is 0 Å². The van der Waals surface area contributed by atoms with E-state index in [2.05, 4.69) is 47.3 Å². The quantitative estimate of drug-likeness (QED) is 0.203. The molecule has 7 heteroatoms. The molecule has 0 heterocycles. The van der Waals surface area contributed by atoms with Crippen LogP contribution in [0.15, 0.2) is 0 Å². The number of hydrogen-bond acceptors (Lipinski definition) is 6. The third kappa shape index (κ3) is 6.12. The second kappa shape index (κ2) is 9.32. The summed E-state index contributed by atoms with van der Waals surface area (Å²) in [5.41, 5.74) is 15.8. The van der Waals surface area contributed by atoms with E-state index in [1.165, 1.54) is 77.0 Å². The molecule has 0 saturated heterocycles. The van der Waals surface area contributed by atoms with Crippen molar-refractivity contribution in [2.75, 3.05) is 0 Å². The van der Waals surface area contributed by atoms with Crippen molar-refractivity contribution in [2.24, 2.45) is 45.0 Å². The fraction of sp³-hybridized carbons (Fsp3) is 1.00. The van der Waals surface area contributed by atoms with Crippen LogP contribution in [-0.2, 0) is 41.9 Å². The zero-order valence-electron chi connectivity index (χ0n) is 19.9. The van der Waals surface area contributed by atoms with Crippen molar-refractivity contribution >= 4 is 46.6 Å². The molecular formula is C24H44MoN2S4. The number of thiol groups is 2. The summed E-state index contributed by atoms with van der Waals surface area (Å²) in [7, 11) is 8.68. The fourth-order valence-electron chi connectivity index (χ4n) is 11.1. The van der Waals surface area contributed by atoms with Gasteiger partial charge in [0.2, 0.25) is 0 Å². The Morgan fingerprint density at radius 1 is 0.548 bits per heavy atom. The van der Waals surface area contributed by atoms with E-state index in [9.17, 15) is 0 Å². The Kier molecular flexibility index (Phi) is 8.71. The van der Waals surface area contributed by atoms with E-state index in [4.69, 9.17) is 11.5 Å². The third-order valence-corrected chi connectivity index (χ3v) is 9.34. The van der Waals surface area contributed by atoms with E-state index in [0.29, 0.717) is 21.7 Å². The summed E-state index contributed by atoms with van der Waals surface area (Å²) in [6.45, 7) is 9.88. The molecule has 8 aliphatic rings. The van der Waals surface area contributed by atoms with Crippen molar-refractivity contribution in [3.05, 3.63) is 0 Å². The van der Waals surface area contributed by atoms with Crippen molar-refractivity contribution in [3.63, 3.8) is 0 Å². The first-order chi connectivity index (χ1) is 13.2. The van der Waals surface area contributed by atoms with Crippen molar-refractivity contribution in [1.82, 2.24) is 0 Å². The molecule has 8 fully saturated rings. The van der Waals surface area contributed by atoms with E-state index in [1.54, 1.807) is 0 Å². The van der Waals surface area contributed by atoms with Crippen LogP contribution in [0.4, 0.5) is 0 Å². The van der Waals surface area contributed by atoms with Crippen molar-refractivity contribution in [1.29, 1.82) is 0 Å². The maximum absolute atomic E-state index is 6.49. The van der Waals surface area contributed by atoms with Crippen molar-refractivity contribution in [2.45, 2.75) is 116 Å². The topological polar surface area (TPSA) is 52.0 Å². The molecule has 8 atom stereocenters. The molecule has 8 saturated carbocycles. The average molecular weight is 585 g/mol. The molecule has 0 radical (unpaired) electrons. The predicted molar refractivity (Wildman–Crippen MR) is 141 cm³/mol. The Morgan fingerprint density at radius 3 is 0.935 bits per heavy atom. The van der Waals surface area contributed by atoms with Gasteiger partial charge >= 0.3 is 34.6 Å². The van der Waals surface area contributed by atoms with Gasteiger partial charge < -0.3 is 38.5 Å². The Labute approximate surface area is 220 Å². The fourth-order valence-corrected chi connectivity index (χ4v) is 11.1. The van der Waals surface area contributed by atoms with Gasteiger partial charge in [-0.15, -0.1) is 0 Å². The molecule has 4 unspecified atom stereocenters. The normalized spacial score (nSPS) is 54.3. The third-order valence-electron chi connectivity index (χ3n) is 9.34. The summed E-state index contributed by atoms with van der Waals surface area (Å²) in [5, 5.41) is 0. The van der Waals surface area contributed by atoms with Crippen molar-refractivity contribution in [3.8, 4) is 0 Å². The molecule has 31 heavy (non-hydrogen) atoms. The Hall–Kier alpha value is 1.75. The summed E-state index contributed by atoms with van der Waals surface area (Å²) < 4.78 is 0. The minimum atomic E-state index is -0.363. The van der Waals surface area contributed by atoms with E-state index in [1.807, 2.05) is 0 Å². The van der Waals surface area contributed by atoms with Gasteiger partial charge in [-0.3, -0.25) is 0 Å². The molecule has 4 N–H and O–H groups in total. The SMILES string of the molecule is C[C@]12CC3CC(N)(C1)C[C@@](C)(C3)C2.C[C@]12CC3CC(N)(C1)C[C@@](C)(C3)C2.[SH-].[SH-].[S]=[Mo+2]=[S]. The summed E-state index contributed by atoms with van der Waals surface area (Å²) in [6, 6.07) is 0. The predicted octanol–water partition coefficient (Wildman–Crippen LogP) is 6.14. The van der Waals surface area contributed by atoms with Gasteiger partial charge in [-0.05, 0) is 111 Å². The second-order valence-corrected chi connectivity index (χ2v) is 17.6. The molecule has 8 rings (SSSR count). The summed E-state index contributed by atoms with van der Waals surface area (Å²) in [6.07, 6.45) is 16.5. The summed E-state index contributed by atoms with van der Waals surface area (Å²) >= 11 is -0.363. The molecular weight excluding hydrogens is 540 g/mol. The Bertz CT molecular complexity index is 569. The first-order valence-corrected chi connectivity index (χ1v) is 17.3. The Balaban J connectivity index is 0.000000185. The molecule has 0 aromatic rings. The van der Waals surface area contributed by atoms with Gasteiger partial charge in [0.05, 0.1) is 0 Å². The van der Waals surface area contributed by atoms with Crippen LogP contribution in [0.3, 0.4) is 0 Å². The van der Waals surface area contributed by atoms with E-state index in [-0.39, 0.29) is 53.0 Å². The van der Waals surface area contributed by atoms with Crippen LogP contribution in [0.2, 0.25) is 0 Å². The number of nitrogens with two attached hydrogens (primary N) is 2. The maximum atomic E-state index is 6.49. The molecule has 0 amide bonds. The molecule has 0 aliphatic heterocycles. The first kappa shape index (κ1) is 29.0. The van der Waals surface area contributed by atoms with Crippen LogP contribution in [0.25, 0.3) is 0 Å². The van der Waals surface area contributed by atoms with Gasteiger partial charge in [-0.1, -0.05) is 27.7 Å². The van der Waals surface area contributed by atoms with Gasteiger partial charge in [0, 0.05) is 11.1 Å². The van der Waals surface area contributed by atoms with Crippen LogP contribution in [0.1, 0.15) is 105 Å². The van der Waals surface area contributed by atoms with Crippen LogP contribution < -0.4 is 11.5 Å². The van der Waals surface area contributed by atoms with E-state index >= 15 is 0 Å². The first-order valence-electron chi connectivity index (χ1n) is 11.7. The molecule has 0 aromatic heterocycles. The van der Waals surface area contributed by atoms with Crippen LogP contribution >= 0.6 is 19.6 Å². The standard InChI is InChI=1S/2C12H21N.Mo.2H2S.2S/c2*1-10-3-9-4-11(2,6-10)8-12(13,5-9)7-10;;;;;/h2*9H,3-8,13H2,1-2H3;;2*1H2;;/q;;+2;;;;/p-2/t2*9?,10-,11+,12?;;;;;. The monoisotopic (exact) mass is 586 g/mol. The van der Waals surface area contributed by atoms with E-state index in [0.717, 1.165) is 11.8 Å². The van der Waals surface area contributed by atoms with Crippen molar-refractivity contribution < 1.29 is 14.9 Å². The van der Waals surface area contributed by atoms with Gasteiger partial charge in [0.15, 0.2) is 0 Å². The minimum absolute atomic E-state index is 0. The second-order valence-electron chi connectivity index (χ2n) is 14.1. The summed E-state index contributed by atoms with van der Waals surface area (Å²) in [4.78, 5) is 0. The van der Waals surface area contributed by atoms with Gasteiger partial charge in [0.1, 0.15) is 0 Å². The molecule has 8 aliphatic carbocycles. The van der Waals surface area contributed by atoms with Crippen LogP contribution in [0.5, 0.6) is 0 Å².